The van der Waals surface area contributed by atoms with Crippen molar-refractivity contribution in [3.05, 3.63) is 59.4 Å². The number of rotatable bonds is 8. The molecule has 4 aromatic rings. The number of hydrogen-bond acceptors (Lipinski definition) is 10. The Morgan fingerprint density at radius 1 is 0.969 bits per heavy atom. The SMILES string of the molecule is COc1cccc(-c2noc(COC(=O)c3csc(-c4ccc(OC)c(OC)c4)n3)n2)c1. The van der Waals surface area contributed by atoms with Crippen LogP contribution in [0.5, 0.6) is 17.2 Å². The van der Waals surface area contributed by atoms with Gasteiger partial charge in [-0.1, -0.05) is 17.3 Å². The molecule has 0 atom stereocenters. The zero-order valence-corrected chi connectivity index (χ0v) is 18.3. The molecule has 164 valence electrons. The van der Waals surface area contributed by atoms with Crippen molar-refractivity contribution in [2.45, 2.75) is 6.61 Å². The number of nitrogens with zero attached hydrogens (tertiary/aromatic N) is 3. The molecule has 0 spiro atoms. The molecule has 0 saturated carbocycles. The molecular formula is C22H19N3O6S. The van der Waals surface area contributed by atoms with Crippen LogP contribution in [0.1, 0.15) is 16.4 Å². The average molecular weight is 453 g/mol. The number of aromatic nitrogens is 3. The molecule has 0 aliphatic carbocycles. The standard InChI is InChI=1S/C22H19N3O6S/c1-27-15-6-4-5-13(9-15)20-24-19(31-25-20)11-30-22(26)16-12-32-21(23-16)14-7-8-17(28-2)18(10-14)29-3/h4-10,12H,11H2,1-3H3. The third kappa shape index (κ3) is 4.54. The Labute approximate surface area is 187 Å². The van der Waals surface area contributed by atoms with Crippen LogP contribution in [0, 0.1) is 0 Å². The molecule has 0 fully saturated rings. The Balaban J connectivity index is 1.41. The summed E-state index contributed by atoms with van der Waals surface area (Å²) in [6, 6.07) is 12.7. The van der Waals surface area contributed by atoms with Crippen molar-refractivity contribution < 1.29 is 28.3 Å². The highest BCUT2D eigenvalue weighted by atomic mass is 32.1. The second kappa shape index (κ2) is 9.48. The van der Waals surface area contributed by atoms with Crippen molar-refractivity contribution in [3.8, 4) is 39.2 Å². The minimum Gasteiger partial charge on any atom is -0.497 e. The van der Waals surface area contributed by atoms with Crippen LogP contribution >= 0.6 is 11.3 Å². The third-order valence-corrected chi connectivity index (χ3v) is 5.36. The van der Waals surface area contributed by atoms with E-state index in [2.05, 4.69) is 15.1 Å². The van der Waals surface area contributed by atoms with E-state index < -0.39 is 5.97 Å². The van der Waals surface area contributed by atoms with Crippen molar-refractivity contribution in [2.24, 2.45) is 0 Å². The minimum atomic E-state index is -0.589. The summed E-state index contributed by atoms with van der Waals surface area (Å²) in [5.74, 6) is 1.82. The zero-order chi connectivity index (χ0) is 22.5. The monoisotopic (exact) mass is 453 g/mol. The lowest BCUT2D eigenvalue weighted by atomic mass is 10.2. The highest BCUT2D eigenvalue weighted by Gasteiger charge is 2.17. The fraction of sp³-hybridized carbons (Fsp3) is 0.182. The maximum Gasteiger partial charge on any atom is 0.358 e. The van der Waals surface area contributed by atoms with Crippen LogP contribution in [-0.4, -0.2) is 42.4 Å². The first-order valence-corrected chi connectivity index (χ1v) is 10.3. The third-order valence-electron chi connectivity index (χ3n) is 4.47. The molecule has 0 aliphatic rings. The summed E-state index contributed by atoms with van der Waals surface area (Å²) >= 11 is 1.32. The lowest BCUT2D eigenvalue weighted by Gasteiger charge is -2.08. The van der Waals surface area contributed by atoms with Crippen molar-refractivity contribution in [2.75, 3.05) is 21.3 Å². The van der Waals surface area contributed by atoms with Gasteiger partial charge < -0.3 is 23.5 Å². The number of hydrogen-bond donors (Lipinski definition) is 0. The molecule has 0 radical (unpaired) electrons. The van der Waals surface area contributed by atoms with Crippen molar-refractivity contribution >= 4 is 17.3 Å². The van der Waals surface area contributed by atoms with Crippen molar-refractivity contribution in [1.29, 1.82) is 0 Å². The summed E-state index contributed by atoms with van der Waals surface area (Å²) in [4.78, 5) is 21.0. The van der Waals surface area contributed by atoms with E-state index in [0.29, 0.717) is 28.1 Å². The van der Waals surface area contributed by atoms with Crippen LogP contribution in [0.15, 0.2) is 52.4 Å². The molecule has 2 aromatic carbocycles. The molecule has 32 heavy (non-hydrogen) atoms. The number of methoxy groups -OCH3 is 3. The molecule has 10 heteroatoms. The van der Waals surface area contributed by atoms with Gasteiger partial charge in [-0.25, -0.2) is 9.78 Å². The van der Waals surface area contributed by atoms with E-state index in [1.165, 1.54) is 11.3 Å². The molecule has 0 N–H and O–H groups in total. The molecule has 0 amide bonds. The van der Waals surface area contributed by atoms with Crippen LogP contribution in [0.25, 0.3) is 22.0 Å². The van der Waals surface area contributed by atoms with Gasteiger partial charge in [-0.05, 0) is 30.3 Å². The average Bonchev–Trinajstić information content (AvgIpc) is 3.52. The summed E-state index contributed by atoms with van der Waals surface area (Å²) in [5, 5.41) is 6.20. The molecule has 0 saturated heterocycles. The fourth-order valence-corrected chi connectivity index (χ4v) is 3.65. The lowest BCUT2D eigenvalue weighted by molar-refractivity contribution is 0.0424. The fourth-order valence-electron chi connectivity index (χ4n) is 2.86. The predicted octanol–water partition coefficient (Wildman–Crippen LogP) is 4.24. The molecule has 0 aliphatic heterocycles. The van der Waals surface area contributed by atoms with Crippen molar-refractivity contribution in [1.82, 2.24) is 15.1 Å². The topological polar surface area (TPSA) is 106 Å². The molecule has 9 nitrogen and oxygen atoms in total. The first-order valence-electron chi connectivity index (χ1n) is 9.43. The summed E-state index contributed by atoms with van der Waals surface area (Å²) in [6.07, 6.45) is 0. The Bertz CT molecular complexity index is 1240. The zero-order valence-electron chi connectivity index (χ0n) is 17.5. The maximum atomic E-state index is 12.4. The van der Waals surface area contributed by atoms with Gasteiger partial charge in [0.05, 0.1) is 21.3 Å². The minimum absolute atomic E-state index is 0.168. The Morgan fingerprint density at radius 2 is 1.81 bits per heavy atom. The van der Waals surface area contributed by atoms with E-state index >= 15 is 0 Å². The molecular weight excluding hydrogens is 434 g/mol. The van der Waals surface area contributed by atoms with Gasteiger partial charge in [0, 0.05) is 16.5 Å². The first kappa shape index (κ1) is 21.3. The molecule has 2 heterocycles. The number of carbonyl (C=O) groups is 1. The number of thiazole rings is 1. The number of ether oxygens (including phenoxy) is 4. The lowest BCUT2D eigenvalue weighted by Crippen LogP contribution is -2.06. The van der Waals surface area contributed by atoms with E-state index in [1.54, 1.807) is 44.9 Å². The Hall–Kier alpha value is -3.92. The van der Waals surface area contributed by atoms with E-state index in [0.717, 1.165) is 11.1 Å². The van der Waals surface area contributed by atoms with Gasteiger partial charge in [0.15, 0.2) is 23.8 Å². The summed E-state index contributed by atoms with van der Waals surface area (Å²) in [7, 11) is 4.71. The summed E-state index contributed by atoms with van der Waals surface area (Å²) < 4.78 is 26.2. The van der Waals surface area contributed by atoms with Gasteiger partial charge in [0.25, 0.3) is 5.89 Å². The number of carbonyl (C=O) groups excluding carboxylic acids is 1. The van der Waals surface area contributed by atoms with E-state index in [1.807, 2.05) is 24.3 Å². The highest BCUT2D eigenvalue weighted by Crippen LogP contribution is 2.33. The smallest absolute Gasteiger partial charge is 0.358 e. The van der Waals surface area contributed by atoms with E-state index in [-0.39, 0.29) is 18.2 Å². The summed E-state index contributed by atoms with van der Waals surface area (Å²) in [5.41, 5.74) is 1.71. The van der Waals surface area contributed by atoms with Gasteiger partial charge >= 0.3 is 5.97 Å². The highest BCUT2D eigenvalue weighted by molar-refractivity contribution is 7.13. The molecule has 0 bridgehead atoms. The van der Waals surface area contributed by atoms with Gasteiger partial charge in [0.1, 0.15) is 10.8 Å². The van der Waals surface area contributed by atoms with Gasteiger partial charge in [-0.2, -0.15) is 4.98 Å². The second-order valence-electron chi connectivity index (χ2n) is 6.43. The van der Waals surface area contributed by atoms with Crippen LogP contribution in [-0.2, 0) is 11.3 Å². The van der Waals surface area contributed by atoms with Crippen LogP contribution in [0.3, 0.4) is 0 Å². The predicted molar refractivity (Wildman–Crippen MR) is 116 cm³/mol. The van der Waals surface area contributed by atoms with Crippen molar-refractivity contribution in [3.63, 3.8) is 0 Å². The van der Waals surface area contributed by atoms with E-state index in [4.69, 9.17) is 23.5 Å². The number of esters is 1. The Kier molecular flexibility index (Phi) is 6.31. The number of benzene rings is 2. The van der Waals surface area contributed by atoms with E-state index in [9.17, 15) is 4.79 Å². The van der Waals surface area contributed by atoms with Gasteiger partial charge in [-0.3, -0.25) is 0 Å². The Morgan fingerprint density at radius 3 is 2.59 bits per heavy atom. The largest absolute Gasteiger partial charge is 0.497 e. The van der Waals surface area contributed by atoms with Gasteiger partial charge in [-0.15, -0.1) is 11.3 Å². The summed E-state index contributed by atoms with van der Waals surface area (Å²) in [6.45, 7) is -0.168. The quantitative estimate of drug-likeness (QED) is 0.362. The van der Waals surface area contributed by atoms with Crippen LogP contribution in [0.4, 0.5) is 0 Å². The first-order chi connectivity index (χ1) is 15.6. The molecule has 2 aromatic heterocycles. The molecule has 0 unspecified atom stereocenters. The normalized spacial score (nSPS) is 10.6. The second-order valence-corrected chi connectivity index (χ2v) is 7.29. The molecule has 4 rings (SSSR count). The van der Waals surface area contributed by atoms with Gasteiger partial charge in [0.2, 0.25) is 5.82 Å². The van der Waals surface area contributed by atoms with Crippen LogP contribution < -0.4 is 14.2 Å². The van der Waals surface area contributed by atoms with Crippen LogP contribution in [0.2, 0.25) is 0 Å². The maximum absolute atomic E-state index is 12.4.